The van der Waals surface area contributed by atoms with Crippen molar-refractivity contribution in [1.29, 1.82) is 0 Å². The van der Waals surface area contributed by atoms with Crippen LogP contribution in [0.15, 0.2) is 210 Å². The lowest BCUT2D eigenvalue weighted by molar-refractivity contribution is 0.716. The van der Waals surface area contributed by atoms with Crippen LogP contribution in [0.2, 0.25) is 0 Å². The lowest BCUT2D eigenvalue weighted by Gasteiger charge is -2.40. The maximum absolute atomic E-state index is 5.17. The van der Waals surface area contributed by atoms with Gasteiger partial charge in [-0.25, -0.2) is 15.0 Å². The number of benzene rings is 7. The number of fused-ring (bicyclic) bond motifs is 10. The van der Waals surface area contributed by atoms with E-state index in [1.807, 2.05) is 54.4 Å². The van der Waals surface area contributed by atoms with Crippen molar-refractivity contribution in [3.63, 3.8) is 0 Å². The van der Waals surface area contributed by atoms with Gasteiger partial charge in [0.25, 0.3) is 0 Å². The van der Waals surface area contributed by atoms with Crippen molar-refractivity contribution in [3.8, 4) is 45.3 Å². The molecule has 4 nitrogen and oxygen atoms in total. The lowest BCUT2D eigenvalue weighted by atomic mass is 9.66. The first-order valence-corrected chi connectivity index (χ1v) is 21.3. The van der Waals surface area contributed by atoms with Gasteiger partial charge in [0, 0.05) is 44.0 Å². The molecule has 3 heterocycles. The molecular formula is C55H36N4S. The molecule has 2 aliphatic carbocycles. The summed E-state index contributed by atoms with van der Waals surface area (Å²) in [5.74, 6) is 2.21. The highest BCUT2D eigenvalue weighted by Crippen LogP contribution is 2.62. The molecule has 0 saturated carbocycles. The molecule has 1 spiro atoms. The zero-order valence-corrected chi connectivity index (χ0v) is 33.4. The number of pyridine rings is 1. The fourth-order valence-electron chi connectivity index (χ4n) is 9.64. The average Bonchev–Trinajstić information content (AvgIpc) is 3.62. The zero-order chi connectivity index (χ0) is 39.6. The van der Waals surface area contributed by atoms with E-state index in [0.29, 0.717) is 17.5 Å². The van der Waals surface area contributed by atoms with Crippen molar-refractivity contribution in [2.24, 2.45) is 0 Å². The summed E-state index contributed by atoms with van der Waals surface area (Å²) in [6.07, 6.45) is 9.95. The van der Waals surface area contributed by atoms with Gasteiger partial charge in [-0.2, -0.15) is 0 Å². The van der Waals surface area contributed by atoms with Crippen LogP contribution < -0.4 is 0 Å². The Hall–Kier alpha value is -7.21. The Labute approximate surface area is 353 Å². The van der Waals surface area contributed by atoms with E-state index in [9.17, 15) is 0 Å². The van der Waals surface area contributed by atoms with E-state index in [4.69, 9.17) is 15.0 Å². The topological polar surface area (TPSA) is 51.6 Å². The van der Waals surface area contributed by atoms with E-state index in [0.717, 1.165) is 28.6 Å². The Balaban J connectivity index is 1.03. The first-order valence-electron chi connectivity index (χ1n) is 20.5. The Morgan fingerprint density at radius 2 is 1.07 bits per heavy atom. The minimum absolute atomic E-state index is 0.242. The fraction of sp³-hybridized carbons (Fsp3) is 0.0545. The second-order valence-corrected chi connectivity index (χ2v) is 16.8. The summed E-state index contributed by atoms with van der Waals surface area (Å²) >= 11 is 1.86. The van der Waals surface area contributed by atoms with Gasteiger partial charge in [-0.05, 0) is 86.8 Å². The molecule has 5 heteroatoms. The number of hydrogen-bond acceptors (Lipinski definition) is 5. The molecule has 12 rings (SSSR count). The molecule has 0 saturated heterocycles. The molecule has 2 aromatic heterocycles. The van der Waals surface area contributed by atoms with Gasteiger partial charge in [-0.3, -0.25) is 4.98 Å². The normalized spacial score (nSPS) is 15.5. The van der Waals surface area contributed by atoms with Crippen LogP contribution >= 0.6 is 11.8 Å². The molecule has 0 amide bonds. The minimum Gasteiger partial charge on any atom is -0.256 e. The molecule has 0 fully saturated rings. The summed E-state index contributed by atoms with van der Waals surface area (Å²) in [6.45, 7) is 0. The van der Waals surface area contributed by atoms with Crippen LogP contribution in [0.25, 0.3) is 61.8 Å². The molecule has 0 bridgehead atoms. The number of para-hydroxylation sites is 1. The molecule has 60 heavy (non-hydrogen) atoms. The molecule has 0 radical (unpaired) electrons. The highest BCUT2D eigenvalue weighted by molar-refractivity contribution is 7.99. The van der Waals surface area contributed by atoms with Crippen LogP contribution in [0.5, 0.6) is 0 Å². The number of aromatic nitrogens is 4. The smallest absolute Gasteiger partial charge is 0.164 e. The summed E-state index contributed by atoms with van der Waals surface area (Å²) in [7, 11) is 0. The Kier molecular flexibility index (Phi) is 8.10. The van der Waals surface area contributed by atoms with E-state index in [2.05, 4.69) is 163 Å². The average molecular weight is 785 g/mol. The Morgan fingerprint density at radius 3 is 1.73 bits per heavy atom. The maximum atomic E-state index is 5.17. The molecule has 1 unspecified atom stereocenters. The highest BCUT2D eigenvalue weighted by Gasteiger charge is 2.50. The van der Waals surface area contributed by atoms with Gasteiger partial charge in [0.2, 0.25) is 0 Å². The van der Waals surface area contributed by atoms with E-state index in [1.54, 1.807) is 0 Å². The van der Waals surface area contributed by atoms with E-state index in [1.165, 1.54) is 65.3 Å². The number of nitrogens with zero attached hydrogens (tertiary/aromatic N) is 4. The van der Waals surface area contributed by atoms with Gasteiger partial charge >= 0.3 is 0 Å². The number of hydrogen-bond donors (Lipinski definition) is 0. The summed E-state index contributed by atoms with van der Waals surface area (Å²) in [5, 5.41) is 1.18. The maximum Gasteiger partial charge on any atom is 0.164 e. The lowest BCUT2D eigenvalue weighted by Crippen LogP contribution is -2.32. The SMILES string of the molecule is C1=CC(c2ccc3c(c2)C2(c4cc(-c5nc(-c6ccccc6)nc(-c6ccccc6)n5)ccc4S3)c3ccccc3-c3ccccc32)CC=C1c1ccnc2ccccc12. The standard InChI is InChI=1S/C55H36N4S/c1-3-13-37(14-4-1)52-57-53(38-15-5-2-6-16-38)59-54(58-52)40-28-30-51-48(34-40)55(45-20-10-7-17-42(45)43-18-8-11-21-46(43)55)47-33-39(27-29-50(47)60-51)35-23-25-36(26-24-35)41-31-32-56-49-22-12-9-19-44(41)49/h1-23,25-35H,24H2. The van der Waals surface area contributed by atoms with E-state index < -0.39 is 5.41 Å². The molecule has 9 aromatic rings. The second kappa shape index (κ2) is 14.0. The van der Waals surface area contributed by atoms with E-state index in [-0.39, 0.29) is 5.92 Å². The van der Waals surface area contributed by atoms with Gasteiger partial charge in [-0.1, -0.05) is 176 Å². The predicted molar refractivity (Wildman–Crippen MR) is 244 cm³/mol. The molecule has 282 valence electrons. The van der Waals surface area contributed by atoms with Crippen molar-refractivity contribution in [3.05, 3.63) is 234 Å². The van der Waals surface area contributed by atoms with Crippen molar-refractivity contribution >= 4 is 28.2 Å². The molecular weight excluding hydrogens is 749 g/mol. The molecule has 1 atom stereocenters. The Bertz CT molecular complexity index is 3120. The van der Waals surface area contributed by atoms with Gasteiger partial charge < -0.3 is 0 Å². The van der Waals surface area contributed by atoms with Crippen LogP contribution in [0, 0.1) is 0 Å². The van der Waals surface area contributed by atoms with Gasteiger partial charge in [0.1, 0.15) is 0 Å². The van der Waals surface area contributed by atoms with Crippen LogP contribution in [0.1, 0.15) is 45.7 Å². The van der Waals surface area contributed by atoms with Crippen molar-refractivity contribution in [2.75, 3.05) is 0 Å². The third-order valence-corrected chi connectivity index (χ3v) is 13.6. The van der Waals surface area contributed by atoms with Gasteiger partial charge in [-0.15, -0.1) is 0 Å². The fourth-order valence-corrected chi connectivity index (χ4v) is 10.8. The monoisotopic (exact) mass is 784 g/mol. The highest BCUT2D eigenvalue weighted by atomic mass is 32.2. The van der Waals surface area contributed by atoms with Crippen LogP contribution in [0.3, 0.4) is 0 Å². The summed E-state index contributed by atoms with van der Waals surface area (Å²) < 4.78 is 0. The zero-order valence-electron chi connectivity index (χ0n) is 32.5. The predicted octanol–water partition coefficient (Wildman–Crippen LogP) is 13.4. The quantitative estimate of drug-likeness (QED) is 0.174. The summed E-state index contributed by atoms with van der Waals surface area (Å²) in [6, 6.07) is 63.0. The van der Waals surface area contributed by atoms with Crippen LogP contribution in [0.4, 0.5) is 0 Å². The first kappa shape index (κ1) is 34.8. The molecule has 0 N–H and O–H groups in total. The number of rotatable bonds is 5. The minimum atomic E-state index is -0.554. The van der Waals surface area contributed by atoms with E-state index >= 15 is 0 Å². The van der Waals surface area contributed by atoms with Crippen molar-refractivity contribution in [2.45, 2.75) is 27.5 Å². The third kappa shape index (κ3) is 5.46. The van der Waals surface area contributed by atoms with Crippen molar-refractivity contribution < 1.29 is 0 Å². The number of allylic oxidation sites excluding steroid dienone is 4. The van der Waals surface area contributed by atoms with Crippen molar-refractivity contribution in [1.82, 2.24) is 19.9 Å². The molecule has 1 aliphatic heterocycles. The largest absolute Gasteiger partial charge is 0.256 e. The summed E-state index contributed by atoms with van der Waals surface area (Å²) in [4.78, 5) is 22.5. The van der Waals surface area contributed by atoms with Crippen LogP contribution in [-0.4, -0.2) is 19.9 Å². The third-order valence-electron chi connectivity index (χ3n) is 12.4. The van der Waals surface area contributed by atoms with Gasteiger partial charge in [0.05, 0.1) is 10.9 Å². The van der Waals surface area contributed by atoms with Gasteiger partial charge in [0.15, 0.2) is 17.5 Å². The van der Waals surface area contributed by atoms with Crippen LogP contribution in [-0.2, 0) is 5.41 Å². The summed E-state index contributed by atoms with van der Waals surface area (Å²) in [5.41, 5.74) is 14.9. The first-order chi connectivity index (χ1) is 29.7. The molecule has 7 aromatic carbocycles. The molecule has 3 aliphatic rings. The Morgan fingerprint density at radius 1 is 0.483 bits per heavy atom. The second-order valence-electron chi connectivity index (χ2n) is 15.7.